The molecule has 0 spiro atoms. The minimum Gasteiger partial charge on any atom is -0.458 e. The molecule has 350 valence electrons. The van der Waals surface area contributed by atoms with Crippen molar-refractivity contribution in [2.75, 3.05) is 0 Å². The zero-order valence-electron chi connectivity index (χ0n) is 50.2. The van der Waals surface area contributed by atoms with Gasteiger partial charge >= 0.3 is 0 Å². The number of para-hydroxylation sites is 3. The summed E-state index contributed by atoms with van der Waals surface area (Å²) in [5.74, 6) is 1.74. The second-order valence-corrected chi connectivity index (χ2v) is 23.0. The average molecular weight is 977 g/mol. The number of pyridine rings is 1. The third kappa shape index (κ3) is 6.99. The standard InChI is InChI=1S/C66H46N6OSi/c1-66(2,3)48-36-37-69-63(38-48)72-57-21-11-10-18-55(57)56-34-28-49(39-59(56)72)73-50-29-35-61-60(40-50)71-43-70(64-53(46-14-6-4-7-15-46)19-12-20-54(64)47-16-8-5-9-17-47)58-22-13-23-62(65(58)71)74(61,51-30-24-44(41-67)25-31-51)52-32-26-45(42-68)27-33-52/h4-40H,1-3H3/i4D,5D,6D,7D,8D,9D,14D,15D,16D,17D. The molecule has 0 N–H and O–H groups in total. The fourth-order valence-electron chi connectivity index (χ4n) is 10.8. The molecule has 0 amide bonds. The Morgan fingerprint density at radius 2 is 1.22 bits per heavy atom. The molecule has 0 saturated heterocycles. The summed E-state index contributed by atoms with van der Waals surface area (Å²) < 4.78 is 102. The van der Waals surface area contributed by atoms with Crippen LogP contribution in [0.1, 0.15) is 51.2 Å². The van der Waals surface area contributed by atoms with Crippen LogP contribution >= 0.6 is 0 Å². The number of imidazole rings is 1. The number of hydrogen-bond acceptors (Lipinski definition) is 4. The van der Waals surface area contributed by atoms with E-state index in [1.54, 1.807) is 47.0 Å². The quantitative estimate of drug-likeness (QED) is 0.0863. The molecule has 9 aromatic carbocycles. The van der Waals surface area contributed by atoms with E-state index < -0.39 is 68.5 Å². The molecule has 0 saturated carbocycles. The second kappa shape index (κ2) is 17.3. The van der Waals surface area contributed by atoms with Gasteiger partial charge in [0.2, 0.25) is 0 Å². The number of ether oxygens (including phenoxy) is 1. The van der Waals surface area contributed by atoms with Crippen LogP contribution in [0.15, 0.2) is 224 Å². The van der Waals surface area contributed by atoms with Crippen LogP contribution in [0, 0.1) is 29.0 Å². The molecule has 1 aliphatic heterocycles. The maximum Gasteiger partial charge on any atom is 0.269 e. The normalized spacial score (nSPS) is 14.5. The van der Waals surface area contributed by atoms with Gasteiger partial charge in [0.1, 0.15) is 17.3 Å². The molecule has 0 atom stereocenters. The van der Waals surface area contributed by atoms with Crippen LogP contribution in [-0.4, -0.2) is 22.2 Å². The Hall–Kier alpha value is -9.60. The third-order valence-corrected chi connectivity index (χ3v) is 19.0. The van der Waals surface area contributed by atoms with Crippen LogP contribution in [0.5, 0.6) is 11.5 Å². The molecule has 8 heteroatoms. The van der Waals surface area contributed by atoms with Crippen molar-refractivity contribution in [3.05, 3.63) is 247 Å². The first kappa shape index (κ1) is 34.7. The Labute approximate surface area is 444 Å². The molecule has 13 rings (SSSR count). The van der Waals surface area contributed by atoms with E-state index in [1.165, 1.54) is 0 Å². The predicted molar refractivity (Wildman–Crippen MR) is 298 cm³/mol. The maximum atomic E-state index is 10.1. The Kier molecular flexibility index (Phi) is 8.11. The molecule has 12 aromatic rings. The van der Waals surface area contributed by atoms with Gasteiger partial charge in [-0.05, 0) is 121 Å². The van der Waals surface area contributed by atoms with Crippen molar-refractivity contribution in [1.82, 2.24) is 14.1 Å². The largest absolute Gasteiger partial charge is 0.458 e. The van der Waals surface area contributed by atoms with E-state index >= 15 is 0 Å². The Morgan fingerprint density at radius 3 is 1.86 bits per heavy atom. The fourth-order valence-corrected chi connectivity index (χ4v) is 15.8. The minimum absolute atomic E-state index is 0.106. The third-order valence-electron chi connectivity index (χ3n) is 14.1. The van der Waals surface area contributed by atoms with E-state index in [1.807, 2.05) is 108 Å². The Bertz CT molecular complexity index is 4700. The van der Waals surface area contributed by atoms with Gasteiger partial charge in [0.25, 0.3) is 6.33 Å². The topological polar surface area (TPSA) is 83.4 Å². The lowest BCUT2D eigenvalue weighted by Crippen LogP contribution is -2.76. The maximum absolute atomic E-state index is 10.1. The molecule has 0 aliphatic carbocycles. The molecule has 4 heterocycles. The van der Waals surface area contributed by atoms with E-state index in [-0.39, 0.29) is 33.4 Å². The van der Waals surface area contributed by atoms with Crippen molar-refractivity contribution < 1.29 is 23.0 Å². The second-order valence-electron chi connectivity index (χ2n) is 19.2. The Morgan fingerprint density at radius 1 is 0.608 bits per heavy atom. The monoisotopic (exact) mass is 976 g/mol. The molecule has 1 aliphatic rings. The van der Waals surface area contributed by atoms with Crippen molar-refractivity contribution in [3.8, 4) is 63.1 Å². The van der Waals surface area contributed by atoms with Gasteiger partial charge in [-0.15, -0.1) is 0 Å². The van der Waals surface area contributed by atoms with Gasteiger partial charge < -0.3 is 4.74 Å². The number of aromatic nitrogens is 4. The van der Waals surface area contributed by atoms with Gasteiger partial charge in [-0.1, -0.05) is 166 Å². The van der Waals surface area contributed by atoms with Crippen LogP contribution in [0.25, 0.3) is 72.3 Å². The summed E-state index contributed by atoms with van der Waals surface area (Å²) in [6, 6.07) is 48.8. The number of fused-ring (bicyclic) bond motifs is 5. The van der Waals surface area contributed by atoms with E-state index in [0.717, 1.165) is 53.9 Å². The fraction of sp³-hybridized carbons (Fsp3) is 0.0606. The zero-order valence-corrected chi connectivity index (χ0v) is 41.2. The molecule has 0 bridgehead atoms. The van der Waals surface area contributed by atoms with Crippen molar-refractivity contribution in [2.45, 2.75) is 26.2 Å². The lowest BCUT2D eigenvalue weighted by atomic mass is 9.88. The smallest absolute Gasteiger partial charge is 0.269 e. The molecule has 74 heavy (non-hydrogen) atoms. The van der Waals surface area contributed by atoms with Crippen LogP contribution in [0.2, 0.25) is 0 Å². The van der Waals surface area contributed by atoms with Gasteiger partial charge in [0.15, 0.2) is 8.07 Å². The summed E-state index contributed by atoms with van der Waals surface area (Å²) in [5, 5.41) is 25.8. The van der Waals surface area contributed by atoms with E-state index in [4.69, 9.17) is 17.9 Å². The number of benzene rings is 9. The summed E-state index contributed by atoms with van der Waals surface area (Å²) >= 11 is 0. The summed E-state index contributed by atoms with van der Waals surface area (Å²) in [6.07, 6.45) is 5.47. The highest BCUT2D eigenvalue weighted by atomic mass is 28.3. The lowest BCUT2D eigenvalue weighted by Gasteiger charge is -2.39. The summed E-state index contributed by atoms with van der Waals surface area (Å²) in [6.45, 7) is 6.51. The van der Waals surface area contributed by atoms with Crippen LogP contribution in [0.4, 0.5) is 0 Å². The molecule has 7 nitrogen and oxygen atoms in total. The molecule has 0 fully saturated rings. The minimum atomic E-state index is -3.63. The predicted octanol–water partition coefficient (Wildman–Crippen LogP) is 12.1. The lowest BCUT2D eigenvalue weighted by molar-refractivity contribution is -0.571. The molecular weight excluding hydrogens is 921 g/mol. The van der Waals surface area contributed by atoms with Crippen molar-refractivity contribution in [1.29, 1.82) is 10.5 Å². The Balaban J connectivity index is 1.12. The van der Waals surface area contributed by atoms with Crippen molar-refractivity contribution in [3.63, 3.8) is 0 Å². The van der Waals surface area contributed by atoms with E-state index in [9.17, 15) is 16.0 Å². The van der Waals surface area contributed by atoms with E-state index in [0.29, 0.717) is 39.3 Å². The van der Waals surface area contributed by atoms with Gasteiger partial charge in [-0.3, -0.25) is 13.7 Å². The first-order valence-corrected chi connectivity index (χ1v) is 26.0. The highest BCUT2D eigenvalue weighted by molar-refractivity contribution is 7.21. The number of nitriles is 2. The van der Waals surface area contributed by atoms with Crippen LogP contribution < -0.4 is 30.1 Å². The molecular formula is C66H46N6OSi. The number of hydrogen-bond donors (Lipinski definition) is 0. The number of rotatable bonds is 8. The van der Waals surface area contributed by atoms with Crippen molar-refractivity contribution >= 4 is 61.7 Å². The molecule has 0 unspecified atom stereocenters. The first-order valence-electron chi connectivity index (χ1n) is 29.0. The highest BCUT2D eigenvalue weighted by Gasteiger charge is 2.47. The van der Waals surface area contributed by atoms with Gasteiger partial charge in [-0.2, -0.15) is 10.5 Å². The SMILES string of the molecule is [2H]c1c([2H])c([2H])c(-c2cccc(-c3c([2H])c([2H])c([2H])c([2H])c3[2H])c2-[n+]2[c-]n3c4c(cccc42)[Si](c2ccc(C#N)cc2)(c2ccc(C#N)cc2)c2ccc(Oc4ccc5c6ccccc6n(-c6cc(C(C)(C)C)ccn6)c5c4)cc2-3)c([2H])c1[2H]. The van der Waals surface area contributed by atoms with Crippen LogP contribution in [0.3, 0.4) is 0 Å². The molecule has 0 radical (unpaired) electrons. The van der Waals surface area contributed by atoms with Gasteiger partial charge in [-0.25, -0.2) is 4.98 Å². The van der Waals surface area contributed by atoms with Crippen molar-refractivity contribution in [2.24, 2.45) is 0 Å². The summed E-state index contributed by atoms with van der Waals surface area (Å²) in [4.78, 5) is 4.89. The van der Waals surface area contributed by atoms with Gasteiger partial charge in [0, 0.05) is 23.0 Å². The van der Waals surface area contributed by atoms with Gasteiger partial charge in [0.05, 0.1) is 70.4 Å². The average Bonchev–Trinajstić information content (AvgIpc) is 1.41. The van der Waals surface area contributed by atoms with Crippen LogP contribution in [-0.2, 0) is 5.41 Å². The number of nitrogens with zero attached hydrogens (tertiary/aromatic N) is 6. The molecule has 3 aromatic heterocycles. The first-order chi connectivity index (χ1) is 40.4. The highest BCUT2D eigenvalue weighted by Crippen LogP contribution is 2.39. The van der Waals surface area contributed by atoms with E-state index in [2.05, 4.69) is 62.0 Å². The summed E-state index contributed by atoms with van der Waals surface area (Å²) in [7, 11) is -3.63. The summed E-state index contributed by atoms with van der Waals surface area (Å²) in [5.41, 5.74) is 5.49. The zero-order chi connectivity index (χ0) is 58.8.